The highest BCUT2D eigenvalue weighted by atomic mass is 32.1. The van der Waals surface area contributed by atoms with Crippen molar-refractivity contribution < 1.29 is 0 Å². The molecule has 0 atom stereocenters. The molecule has 3 aromatic rings. The van der Waals surface area contributed by atoms with Crippen molar-refractivity contribution in [1.29, 1.82) is 0 Å². The number of H-pyrrole nitrogens is 1. The van der Waals surface area contributed by atoms with Gasteiger partial charge in [0.05, 0.1) is 11.4 Å². The number of rotatable bonds is 2. The van der Waals surface area contributed by atoms with Gasteiger partial charge in [0, 0.05) is 59.9 Å². The van der Waals surface area contributed by atoms with E-state index in [4.69, 9.17) is 0 Å². The third-order valence-corrected chi connectivity index (χ3v) is 6.15. The summed E-state index contributed by atoms with van der Waals surface area (Å²) in [5, 5.41) is 10.0. The molecule has 2 aromatic heterocycles. The van der Waals surface area contributed by atoms with Gasteiger partial charge in [0.1, 0.15) is 0 Å². The average molecular weight is 336 g/mol. The Morgan fingerprint density at radius 3 is 2.62 bits per heavy atom. The highest BCUT2D eigenvalue weighted by Gasteiger charge is 2.26. The van der Waals surface area contributed by atoms with Gasteiger partial charge < -0.3 is 9.80 Å². The van der Waals surface area contributed by atoms with E-state index in [1.165, 1.54) is 32.9 Å². The Labute approximate surface area is 145 Å². The Bertz CT molecular complexity index is 869. The van der Waals surface area contributed by atoms with E-state index in [0.29, 0.717) is 0 Å². The first-order valence-corrected chi connectivity index (χ1v) is 9.35. The molecule has 0 bridgehead atoms. The third kappa shape index (κ3) is 2.19. The third-order valence-electron chi connectivity index (χ3n) is 5.23. The number of piperazine rings is 1. The lowest BCUT2D eigenvalue weighted by molar-refractivity contribution is 0.313. The SMILES string of the molecule is CN1CCN(c2ccc(-c3n[nH]c4c3Cc3sccc3-4)cc2)CC1. The Balaban J connectivity index is 1.42. The molecule has 5 rings (SSSR count). The molecule has 0 amide bonds. The van der Waals surface area contributed by atoms with Gasteiger partial charge in [-0.05, 0) is 30.6 Å². The van der Waals surface area contributed by atoms with Crippen molar-refractivity contribution in [2.24, 2.45) is 0 Å². The van der Waals surface area contributed by atoms with Crippen LogP contribution in [0.1, 0.15) is 10.4 Å². The summed E-state index contributed by atoms with van der Waals surface area (Å²) in [6.45, 7) is 4.48. The molecule has 1 N–H and O–H groups in total. The first-order chi connectivity index (χ1) is 11.8. The van der Waals surface area contributed by atoms with Gasteiger partial charge in [-0.3, -0.25) is 5.10 Å². The molecular formula is C19H20N4S. The standard InChI is InChI=1S/C19H20N4S/c1-22-7-9-23(10-8-22)14-4-2-13(3-5-14)18-16-12-17-15(6-11-24-17)19(16)21-20-18/h2-6,11H,7-10,12H2,1H3,(H,20,21). The minimum Gasteiger partial charge on any atom is -0.369 e. The van der Waals surface area contributed by atoms with Crippen molar-refractivity contribution in [3.05, 3.63) is 46.2 Å². The van der Waals surface area contributed by atoms with Crippen LogP contribution in [0.25, 0.3) is 22.5 Å². The van der Waals surface area contributed by atoms with E-state index in [-0.39, 0.29) is 0 Å². The minimum atomic E-state index is 1.01. The zero-order chi connectivity index (χ0) is 16.1. The minimum absolute atomic E-state index is 1.01. The van der Waals surface area contributed by atoms with E-state index in [1.54, 1.807) is 0 Å². The molecule has 0 radical (unpaired) electrons. The first-order valence-electron chi connectivity index (χ1n) is 8.47. The number of nitrogens with zero attached hydrogens (tertiary/aromatic N) is 3. The lowest BCUT2D eigenvalue weighted by Crippen LogP contribution is -2.44. The monoisotopic (exact) mass is 336 g/mol. The molecule has 1 aromatic carbocycles. The van der Waals surface area contributed by atoms with Gasteiger partial charge in [0.2, 0.25) is 0 Å². The molecule has 1 aliphatic heterocycles. The van der Waals surface area contributed by atoms with Crippen LogP contribution < -0.4 is 4.90 Å². The van der Waals surface area contributed by atoms with Crippen LogP contribution in [0.4, 0.5) is 5.69 Å². The van der Waals surface area contributed by atoms with Gasteiger partial charge in [-0.1, -0.05) is 12.1 Å². The number of aromatic nitrogens is 2. The molecule has 122 valence electrons. The number of nitrogens with one attached hydrogen (secondary N) is 1. The summed E-state index contributed by atoms with van der Waals surface area (Å²) in [4.78, 5) is 6.31. The van der Waals surface area contributed by atoms with Gasteiger partial charge in [-0.25, -0.2) is 0 Å². The summed E-state index contributed by atoms with van der Waals surface area (Å²) >= 11 is 1.84. The van der Waals surface area contributed by atoms with Gasteiger partial charge in [-0.2, -0.15) is 5.10 Å². The second-order valence-corrected chi connectivity index (χ2v) is 7.70. The maximum atomic E-state index is 4.60. The van der Waals surface area contributed by atoms with Crippen molar-refractivity contribution in [1.82, 2.24) is 15.1 Å². The van der Waals surface area contributed by atoms with Crippen molar-refractivity contribution in [2.45, 2.75) is 6.42 Å². The topological polar surface area (TPSA) is 35.2 Å². The maximum Gasteiger partial charge on any atom is 0.0962 e. The second kappa shape index (κ2) is 5.46. The molecule has 0 spiro atoms. The number of fused-ring (bicyclic) bond motifs is 3. The largest absolute Gasteiger partial charge is 0.369 e. The molecule has 2 aliphatic rings. The predicted molar refractivity (Wildman–Crippen MR) is 99.9 cm³/mol. The van der Waals surface area contributed by atoms with Crippen molar-refractivity contribution in [3.8, 4) is 22.5 Å². The van der Waals surface area contributed by atoms with Gasteiger partial charge in [-0.15, -0.1) is 11.3 Å². The highest BCUT2D eigenvalue weighted by molar-refractivity contribution is 7.10. The molecule has 4 nitrogen and oxygen atoms in total. The van der Waals surface area contributed by atoms with Crippen LogP contribution in [-0.4, -0.2) is 48.3 Å². The van der Waals surface area contributed by atoms with E-state index < -0.39 is 0 Å². The molecule has 1 aliphatic carbocycles. The highest BCUT2D eigenvalue weighted by Crippen LogP contribution is 2.42. The van der Waals surface area contributed by atoms with E-state index in [9.17, 15) is 0 Å². The Morgan fingerprint density at radius 1 is 1.04 bits per heavy atom. The van der Waals surface area contributed by atoms with Crippen molar-refractivity contribution in [3.63, 3.8) is 0 Å². The fraction of sp³-hybridized carbons (Fsp3) is 0.316. The summed E-state index contributed by atoms with van der Waals surface area (Å²) in [5.74, 6) is 0. The number of thiophene rings is 1. The summed E-state index contributed by atoms with van der Waals surface area (Å²) in [6, 6.07) is 11.1. The molecule has 5 heteroatoms. The van der Waals surface area contributed by atoms with E-state index in [1.807, 2.05) is 11.3 Å². The van der Waals surface area contributed by atoms with E-state index in [0.717, 1.165) is 38.3 Å². The van der Waals surface area contributed by atoms with Crippen molar-refractivity contribution >= 4 is 17.0 Å². The molecule has 1 saturated heterocycles. The lowest BCUT2D eigenvalue weighted by atomic mass is 10.1. The van der Waals surface area contributed by atoms with Gasteiger partial charge >= 0.3 is 0 Å². The number of likely N-dealkylation sites (N-methyl/N-ethyl adjacent to an activating group) is 1. The smallest absolute Gasteiger partial charge is 0.0962 e. The zero-order valence-corrected chi connectivity index (χ0v) is 14.6. The molecule has 0 unspecified atom stereocenters. The van der Waals surface area contributed by atoms with E-state index >= 15 is 0 Å². The summed E-state index contributed by atoms with van der Waals surface area (Å²) < 4.78 is 0. The van der Waals surface area contributed by atoms with Crippen LogP contribution >= 0.6 is 11.3 Å². The zero-order valence-electron chi connectivity index (χ0n) is 13.7. The molecule has 1 fully saturated rings. The molecular weight excluding hydrogens is 316 g/mol. The first kappa shape index (κ1) is 14.3. The maximum absolute atomic E-state index is 4.60. The Hall–Kier alpha value is -2.11. The molecule has 3 heterocycles. The van der Waals surface area contributed by atoms with Gasteiger partial charge in [0.25, 0.3) is 0 Å². The van der Waals surface area contributed by atoms with Crippen LogP contribution in [0.2, 0.25) is 0 Å². The fourth-order valence-electron chi connectivity index (χ4n) is 3.75. The predicted octanol–water partition coefficient (Wildman–Crippen LogP) is 3.46. The van der Waals surface area contributed by atoms with Gasteiger partial charge in [0.15, 0.2) is 0 Å². The van der Waals surface area contributed by atoms with Crippen LogP contribution in [0.15, 0.2) is 35.7 Å². The summed E-state index contributed by atoms with van der Waals surface area (Å²) in [6.07, 6.45) is 1.01. The molecule has 24 heavy (non-hydrogen) atoms. The lowest BCUT2D eigenvalue weighted by Gasteiger charge is -2.34. The summed E-state index contributed by atoms with van der Waals surface area (Å²) in [5.41, 5.74) is 7.54. The number of benzene rings is 1. The number of hydrogen-bond acceptors (Lipinski definition) is 4. The van der Waals surface area contributed by atoms with Crippen LogP contribution in [0.3, 0.4) is 0 Å². The number of hydrogen-bond donors (Lipinski definition) is 1. The Morgan fingerprint density at radius 2 is 1.83 bits per heavy atom. The summed E-state index contributed by atoms with van der Waals surface area (Å²) in [7, 11) is 2.19. The van der Waals surface area contributed by atoms with Crippen LogP contribution in [0, 0.1) is 0 Å². The quantitative estimate of drug-likeness (QED) is 0.609. The number of anilines is 1. The average Bonchev–Trinajstić information content (AvgIpc) is 3.28. The van der Waals surface area contributed by atoms with Crippen molar-refractivity contribution in [2.75, 3.05) is 38.1 Å². The molecule has 0 saturated carbocycles. The van der Waals surface area contributed by atoms with Crippen LogP contribution in [0.5, 0.6) is 0 Å². The number of aromatic amines is 1. The second-order valence-electron chi connectivity index (χ2n) is 6.70. The Kier molecular flexibility index (Phi) is 3.24. The fourth-order valence-corrected chi connectivity index (χ4v) is 4.65. The van der Waals surface area contributed by atoms with E-state index in [2.05, 4.69) is 62.8 Å². The van der Waals surface area contributed by atoms with Crippen LogP contribution in [-0.2, 0) is 6.42 Å². The normalized spacial score (nSPS) is 17.1.